The number of rotatable bonds is 10. The second-order valence-corrected chi connectivity index (χ2v) is 8.35. The summed E-state index contributed by atoms with van der Waals surface area (Å²) in [6.07, 6.45) is 4.08. The molecule has 1 heterocycles. The van der Waals surface area contributed by atoms with Gasteiger partial charge in [-0.25, -0.2) is 0 Å². The number of hydrogen-bond donors (Lipinski definition) is 2. The van der Waals surface area contributed by atoms with Crippen molar-refractivity contribution in [3.63, 3.8) is 0 Å². The minimum Gasteiger partial charge on any atom is -0.314 e. The normalized spacial score (nSPS) is 17.3. The van der Waals surface area contributed by atoms with Gasteiger partial charge in [-0.3, -0.25) is 0 Å². The van der Waals surface area contributed by atoms with E-state index in [-0.39, 0.29) is 6.04 Å². The first-order valence-corrected chi connectivity index (χ1v) is 9.83. The first-order chi connectivity index (χ1) is 9.97. The van der Waals surface area contributed by atoms with E-state index in [1.54, 1.807) is 18.4 Å². The molecule has 2 N–H and O–H groups in total. The predicted molar refractivity (Wildman–Crippen MR) is 87.8 cm³/mol. The summed E-state index contributed by atoms with van der Waals surface area (Å²) in [6.45, 7) is 3.33. The number of hydrogen-bond acceptors (Lipinski definition) is 4. The van der Waals surface area contributed by atoms with E-state index >= 15 is 0 Å². The third kappa shape index (κ3) is 6.04. The largest absolute Gasteiger partial charge is 0.314 e. The highest BCUT2D eigenvalue weighted by molar-refractivity contribution is 7.87. The summed E-state index contributed by atoms with van der Waals surface area (Å²) < 4.78 is 28.6. The van der Waals surface area contributed by atoms with Crippen LogP contribution in [0.25, 0.3) is 0 Å². The number of thiophene rings is 1. The highest BCUT2D eigenvalue weighted by Gasteiger charge is 2.22. The van der Waals surface area contributed by atoms with Crippen LogP contribution in [0.5, 0.6) is 0 Å². The average Bonchev–Trinajstić information content (AvgIpc) is 3.10. The van der Waals surface area contributed by atoms with Crippen LogP contribution in [0, 0.1) is 0 Å². The molecule has 5 nitrogen and oxygen atoms in total. The maximum absolute atomic E-state index is 12.2. The summed E-state index contributed by atoms with van der Waals surface area (Å²) in [7, 11) is -1.75. The molecule has 1 aromatic rings. The SMILES string of the molecule is CC(Cc1ccsc1)NS(=O)(=O)N(C)CCCNC1CC1. The van der Waals surface area contributed by atoms with E-state index in [4.69, 9.17) is 0 Å². The monoisotopic (exact) mass is 331 g/mol. The van der Waals surface area contributed by atoms with E-state index in [1.807, 2.05) is 18.4 Å². The van der Waals surface area contributed by atoms with Gasteiger partial charge < -0.3 is 5.32 Å². The molecule has 0 bridgehead atoms. The fraction of sp³-hybridized carbons (Fsp3) is 0.714. The Hall–Kier alpha value is -0.470. The summed E-state index contributed by atoms with van der Waals surface area (Å²) in [5.74, 6) is 0. The molecule has 7 heteroatoms. The molecule has 21 heavy (non-hydrogen) atoms. The van der Waals surface area contributed by atoms with Gasteiger partial charge in [-0.05, 0) is 61.5 Å². The Balaban J connectivity index is 1.70. The molecule has 1 aromatic heterocycles. The Morgan fingerprint density at radius 1 is 1.48 bits per heavy atom. The first-order valence-electron chi connectivity index (χ1n) is 7.45. The molecule has 1 fully saturated rings. The fourth-order valence-electron chi connectivity index (χ4n) is 2.16. The molecular weight excluding hydrogens is 306 g/mol. The van der Waals surface area contributed by atoms with Gasteiger partial charge >= 0.3 is 0 Å². The van der Waals surface area contributed by atoms with Gasteiger partial charge in [0.1, 0.15) is 0 Å². The van der Waals surface area contributed by atoms with E-state index in [0.29, 0.717) is 12.6 Å². The van der Waals surface area contributed by atoms with Crippen LogP contribution >= 0.6 is 11.3 Å². The standard InChI is InChI=1S/C14H25N3O2S2/c1-12(10-13-6-9-20-11-13)16-21(18,19)17(2)8-3-7-15-14-4-5-14/h6,9,11-12,14-16H,3-5,7-8,10H2,1-2H3. The summed E-state index contributed by atoms with van der Waals surface area (Å²) >= 11 is 1.63. The summed E-state index contributed by atoms with van der Waals surface area (Å²) in [5, 5.41) is 7.46. The van der Waals surface area contributed by atoms with Crippen molar-refractivity contribution in [2.24, 2.45) is 0 Å². The third-order valence-corrected chi connectivity index (χ3v) is 5.98. The van der Waals surface area contributed by atoms with E-state index in [1.165, 1.54) is 22.7 Å². The van der Waals surface area contributed by atoms with Crippen LogP contribution in [-0.2, 0) is 16.6 Å². The van der Waals surface area contributed by atoms with Crippen molar-refractivity contribution in [2.45, 2.75) is 44.7 Å². The Bertz CT molecular complexity index is 512. The van der Waals surface area contributed by atoms with E-state index < -0.39 is 10.2 Å². The van der Waals surface area contributed by atoms with Crippen LogP contribution in [0.15, 0.2) is 16.8 Å². The zero-order valence-corrected chi connectivity index (χ0v) is 14.3. The summed E-state index contributed by atoms with van der Waals surface area (Å²) in [6, 6.07) is 2.61. The van der Waals surface area contributed by atoms with Gasteiger partial charge in [0.25, 0.3) is 10.2 Å². The lowest BCUT2D eigenvalue weighted by Crippen LogP contribution is -2.44. The van der Waals surface area contributed by atoms with E-state index in [9.17, 15) is 8.42 Å². The molecule has 0 aliphatic heterocycles. The molecule has 0 aromatic carbocycles. The van der Waals surface area contributed by atoms with Crippen molar-refractivity contribution in [3.8, 4) is 0 Å². The fourth-order valence-corrected chi connectivity index (χ4v) is 3.99. The maximum atomic E-state index is 12.2. The van der Waals surface area contributed by atoms with Crippen molar-refractivity contribution in [2.75, 3.05) is 20.1 Å². The van der Waals surface area contributed by atoms with Gasteiger partial charge in [-0.15, -0.1) is 0 Å². The van der Waals surface area contributed by atoms with E-state index in [2.05, 4.69) is 15.4 Å². The maximum Gasteiger partial charge on any atom is 0.279 e. The first kappa shape index (κ1) is 16.9. The molecule has 0 spiro atoms. The Kier molecular flexibility index (Phi) is 6.19. The van der Waals surface area contributed by atoms with Gasteiger partial charge in [0.15, 0.2) is 0 Å². The van der Waals surface area contributed by atoms with Crippen LogP contribution in [0.3, 0.4) is 0 Å². The van der Waals surface area contributed by atoms with Crippen LogP contribution in [0.4, 0.5) is 0 Å². The van der Waals surface area contributed by atoms with Gasteiger partial charge in [-0.1, -0.05) is 0 Å². The van der Waals surface area contributed by atoms with Gasteiger partial charge in [0.2, 0.25) is 0 Å². The van der Waals surface area contributed by atoms with Crippen LogP contribution in [0.2, 0.25) is 0 Å². The van der Waals surface area contributed by atoms with Gasteiger partial charge in [-0.2, -0.15) is 28.8 Å². The quantitative estimate of drug-likeness (QED) is 0.640. The third-order valence-electron chi connectivity index (χ3n) is 3.54. The van der Waals surface area contributed by atoms with Crippen LogP contribution in [0.1, 0.15) is 31.7 Å². The van der Waals surface area contributed by atoms with Crippen molar-refractivity contribution in [1.29, 1.82) is 0 Å². The molecule has 1 aliphatic rings. The highest BCUT2D eigenvalue weighted by atomic mass is 32.2. The topological polar surface area (TPSA) is 61.4 Å². The molecule has 2 rings (SSSR count). The number of nitrogens with zero attached hydrogens (tertiary/aromatic N) is 1. The van der Waals surface area contributed by atoms with E-state index in [0.717, 1.165) is 19.4 Å². The Morgan fingerprint density at radius 3 is 2.86 bits per heavy atom. The molecule has 1 aliphatic carbocycles. The number of nitrogens with one attached hydrogen (secondary N) is 2. The molecule has 1 atom stereocenters. The van der Waals surface area contributed by atoms with Gasteiger partial charge in [0.05, 0.1) is 0 Å². The molecular formula is C14H25N3O2S2. The Labute approximate surface area is 131 Å². The minimum atomic E-state index is -3.39. The summed E-state index contributed by atoms with van der Waals surface area (Å²) in [5.41, 5.74) is 1.17. The lowest BCUT2D eigenvalue weighted by atomic mass is 10.1. The summed E-state index contributed by atoms with van der Waals surface area (Å²) in [4.78, 5) is 0. The van der Waals surface area contributed by atoms with Crippen molar-refractivity contribution in [1.82, 2.24) is 14.3 Å². The zero-order chi connectivity index (χ0) is 15.3. The average molecular weight is 332 g/mol. The van der Waals surface area contributed by atoms with Crippen molar-refractivity contribution < 1.29 is 8.42 Å². The second kappa shape index (κ2) is 7.69. The smallest absolute Gasteiger partial charge is 0.279 e. The highest BCUT2D eigenvalue weighted by Crippen LogP contribution is 2.18. The zero-order valence-electron chi connectivity index (χ0n) is 12.7. The lowest BCUT2D eigenvalue weighted by Gasteiger charge is -2.21. The lowest BCUT2D eigenvalue weighted by molar-refractivity contribution is 0.436. The van der Waals surface area contributed by atoms with Gasteiger partial charge in [0, 0.05) is 25.7 Å². The predicted octanol–water partition coefficient (Wildman–Crippen LogP) is 1.59. The van der Waals surface area contributed by atoms with Crippen LogP contribution < -0.4 is 10.0 Å². The molecule has 0 saturated heterocycles. The van der Waals surface area contributed by atoms with Crippen LogP contribution in [-0.4, -0.2) is 44.9 Å². The molecule has 1 saturated carbocycles. The van der Waals surface area contributed by atoms with Crippen molar-refractivity contribution >= 4 is 21.5 Å². The second-order valence-electron chi connectivity index (χ2n) is 5.76. The molecule has 1 unspecified atom stereocenters. The van der Waals surface area contributed by atoms with Crippen molar-refractivity contribution in [3.05, 3.63) is 22.4 Å². The molecule has 0 radical (unpaired) electrons. The minimum absolute atomic E-state index is 0.100. The molecule has 120 valence electrons. The molecule has 0 amide bonds. The Morgan fingerprint density at radius 2 is 2.24 bits per heavy atom.